The number of nitrogens with one attached hydrogen (secondary N) is 1. The smallest absolute Gasteiger partial charge is 0.295 e. The zero-order valence-electron chi connectivity index (χ0n) is 15.1. The fourth-order valence-electron chi connectivity index (χ4n) is 2.77. The van der Waals surface area contributed by atoms with E-state index in [2.05, 4.69) is 15.4 Å². The van der Waals surface area contributed by atoms with Gasteiger partial charge < -0.3 is 5.32 Å². The number of anilines is 1. The molecule has 1 amide bonds. The van der Waals surface area contributed by atoms with Gasteiger partial charge in [-0.05, 0) is 55.5 Å². The van der Waals surface area contributed by atoms with E-state index >= 15 is 0 Å². The van der Waals surface area contributed by atoms with Gasteiger partial charge in [0.25, 0.3) is 5.91 Å². The molecule has 0 aliphatic rings. The highest BCUT2D eigenvalue weighted by Gasteiger charge is 2.19. The number of nitrogens with zero attached hydrogens (tertiary/aromatic N) is 3. The molecule has 0 unspecified atom stereocenters. The zero-order valence-corrected chi connectivity index (χ0v) is 15.9. The molecule has 0 saturated carbocycles. The molecular formula is C22H17ClN4O. The predicted molar refractivity (Wildman–Crippen MR) is 111 cm³/mol. The number of halogens is 1. The van der Waals surface area contributed by atoms with Crippen LogP contribution in [0.5, 0.6) is 0 Å². The number of carbonyl (C=O) groups is 1. The number of benzene rings is 3. The first-order valence-electron chi connectivity index (χ1n) is 8.76. The number of hydrogen-bond donors (Lipinski definition) is 1. The van der Waals surface area contributed by atoms with Crippen LogP contribution in [0.15, 0.2) is 78.9 Å². The van der Waals surface area contributed by atoms with E-state index in [1.165, 1.54) is 0 Å². The molecule has 5 nitrogen and oxygen atoms in total. The Labute approximate surface area is 167 Å². The summed E-state index contributed by atoms with van der Waals surface area (Å²) in [5.41, 5.74) is 3.44. The average Bonchev–Trinajstić information content (AvgIpc) is 3.16. The van der Waals surface area contributed by atoms with Gasteiger partial charge in [0.05, 0.1) is 5.69 Å². The van der Waals surface area contributed by atoms with Gasteiger partial charge in [-0.1, -0.05) is 47.5 Å². The second kappa shape index (κ2) is 7.66. The van der Waals surface area contributed by atoms with E-state index < -0.39 is 0 Å². The lowest BCUT2D eigenvalue weighted by molar-refractivity contribution is 0.101. The molecule has 0 spiro atoms. The summed E-state index contributed by atoms with van der Waals surface area (Å²) in [5, 5.41) is 7.92. The molecule has 4 aromatic rings. The third-order valence-electron chi connectivity index (χ3n) is 4.22. The number of aromatic nitrogens is 3. The minimum atomic E-state index is -0.367. The molecule has 1 heterocycles. The van der Waals surface area contributed by atoms with Crippen LogP contribution in [-0.2, 0) is 0 Å². The Morgan fingerprint density at radius 2 is 1.61 bits per heavy atom. The Hall–Kier alpha value is -3.44. The number of aryl methyl sites for hydroxylation is 1. The Kier molecular flexibility index (Phi) is 4.91. The summed E-state index contributed by atoms with van der Waals surface area (Å²) in [6.45, 7) is 1.99. The van der Waals surface area contributed by atoms with Crippen LogP contribution in [0.4, 0.5) is 5.69 Å². The summed E-state index contributed by atoms with van der Waals surface area (Å²) < 4.78 is 1.66. The fraction of sp³-hybridized carbons (Fsp3) is 0.0455. The van der Waals surface area contributed by atoms with E-state index in [9.17, 15) is 4.79 Å². The van der Waals surface area contributed by atoms with Crippen LogP contribution in [-0.4, -0.2) is 20.7 Å². The highest BCUT2D eigenvalue weighted by molar-refractivity contribution is 6.30. The summed E-state index contributed by atoms with van der Waals surface area (Å²) in [6, 6.07) is 24.4. The molecule has 4 rings (SSSR count). The monoisotopic (exact) mass is 388 g/mol. The third-order valence-corrected chi connectivity index (χ3v) is 4.47. The van der Waals surface area contributed by atoms with Gasteiger partial charge in [-0.25, -0.2) is 9.67 Å². The van der Waals surface area contributed by atoms with Crippen molar-refractivity contribution in [1.82, 2.24) is 14.8 Å². The van der Waals surface area contributed by atoms with E-state index in [0.717, 1.165) is 16.8 Å². The van der Waals surface area contributed by atoms with Gasteiger partial charge in [0.2, 0.25) is 5.82 Å². The number of carbonyl (C=O) groups excluding carboxylic acids is 1. The van der Waals surface area contributed by atoms with Gasteiger partial charge in [0.15, 0.2) is 5.82 Å². The molecule has 0 aliphatic heterocycles. The number of amides is 1. The summed E-state index contributed by atoms with van der Waals surface area (Å²) >= 11 is 6.01. The Bertz CT molecular complexity index is 1100. The van der Waals surface area contributed by atoms with Crippen molar-refractivity contribution < 1.29 is 4.79 Å². The zero-order chi connectivity index (χ0) is 19.5. The van der Waals surface area contributed by atoms with Crippen molar-refractivity contribution in [3.63, 3.8) is 0 Å². The molecule has 0 saturated heterocycles. The fourth-order valence-corrected chi connectivity index (χ4v) is 2.89. The summed E-state index contributed by atoms with van der Waals surface area (Å²) in [4.78, 5) is 17.2. The third kappa shape index (κ3) is 3.80. The number of hydrogen-bond acceptors (Lipinski definition) is 3. The number of rotatable bonds is 4. The summed E-state index contributed by atoms with van der Waals surface area (Å²) in [6.07, 6.45) is 0. The van der Waals surface area contributed by atoms with Crippen molar-refractivity contribution in [2.24, 2.45) is 0 Å². The van der Waals surface area contributed by atoms with Crippen LogP contribution in [0.1, 0.15) is 16.2 Å². The first-order valence-corrected chi connectivity index (χ1v) is 9.14. The largest absolute Gasteiger partial charge is 0.319 e. The molecular weight excluding hydrogens is 372 g/mol. The lowest BCUT2D eigenvalue weighted by atomic mass is 10.2. The van der Waals surface area contributed by atoms with Gasteiger partial charge in [-0.15, -0.1) is 5.10 Å². The minimum absolute atomic E-state index is 0.0920. The highest BCUT2D eigenvalue weighted by atomic mass is 35.5. The van der Waals surface area contributed by atoms with Gasteiger partial charge in [0, 0.05) is 16.3 Å². The van der Waals surface area contributed by atoms with E-state index in [0.29, 0.717) is 16.5 Å². The van der Waals surface area contributed by atoms with E-state index in [1.54, 1.807) is 16.8 Å². The maximum atomic E-state index is 12.7. The molecule has 1 N–H and O–H groups in total. The number of para-hydroxylation sites is 1. The van der Waals surface area contributed by atoms with Crippen LogP contribution in [0, 0.1) is 6.92 Å². The van der Waals surface area contributed by atoms with Crippen molar-refractivity contribution in [3.05, 3.63) is 95.3 Å². The van der Waals surface area contributed by atoms with Crippen molar-refractivity contribution in [2.75, 3.05) is 5.32 Å². The molecule has 3 aromatic carbocycles. The van der Waals surface area contributed by atoms with Gasteiger partial charge in [-0.3, -0.25) is 4.79 Å². The van der Waals surface area contributed by atoms with Crippen LogP contribution in [0.3, 0.4) is 0 Å². The maximum Gasteiger partial charge on any atom is 0.295 e. The molecule has 0 fully saturated rings. The predicted octanol–water partition coefficient (Wildman–Crippen LogP) is 5.15. The van der Waals surface area contributed by atoms with Crippen molar-refractivity contribution in [3.8, 4) is 17.1 Å². The molecule has 138 valence electrons. The molecule has 28 heavy (non-hydrogen) atoms. The molecule has 0 radical (unpaired) electrons. The topological polar surface area (TPSA) is 59.8 Å². The van der Waals surface area contributed by atoms with Crippen molar-refractivity contribution in [1.29, 1.82) is 0 Å². The van der Waals surface area contributed by atoms with Crippen molar-refractivity contribution in [2.45, 2.75) is 6.92 Å². The summed E-state index contributed by atoms with van der Waals surface area (Å²) in [5.74, 6) is 0.292. The van der Waals surface area contributed by atoms with Crippen LogP contribution in [0.2, 0.25) is 5.02 Å². The lowest BCUT2D eigenvalue weighted by Gasteiger charge is -2.05. The molecule has 0 aliphatic carbocycles. The average molecular weight is 389 g/mol. The normalized spacial score (nSPS) is 10.6. The Morgan fingerprint density at radius 1 is 0.929 bits per heavy atom. The Balaban J connectivity index is 1.73. The second-order valence-corrected chi connectivity index (χ2v) is 6.77. The molecule has 6 heteroatoms. The molecule has 1 aromatic heterocycles. The molecule has 0 bridgehead atoms. The summed E-state index contributed by atoms with van der Waals surface area (Å²) in [7, 11) is 0. The van der Waals surface area contributed by atoms with Gasteiger partial charge >= 0.3 is 0 Å². The van der Waals surface area contributed by atoms with Gasteiger partial charge in [0.1, 0.15) is 0 Å². The first kappa shape index (κ1) is 17.9. The van der Waals surface area contributed by atoms with Crippen LogP contribution in [0.25, 0.3) is 17.1 Å². The quantitative estimate of drug-likeness (QED) is 0.526. The van der Waals surface area contributed by atoms with Crippen molar-refractivity contribution >= 4 is 23.2 Å². The standard InChI is InChI=1S/C22H17ClN4O/c1-15-7-13-18(14-8-15)24-22(28)20-25-21(16-9-11-17(23)12-10-16)27(26-20)19-5-3-2-4-6-19/h2-14H,1H3,(H,24,28). The van der Waals surface area contributed by atoms with E-state index in [1.807, 2.05) is 73.7 Å². The lowest BCUT2D eigenvalue weighted by Crippen LogP contribution is -2.14. The minimum Gasteiger partial charge on any atom is -0.319 e. The first-order chi connectivity index (χ1) is 13.6. The van der Waals surface area contributed by atoms with Crippen LogP contribution < -0.4 is 5.32 Å². The maximum absolute atomic E-state index is 12.7. The Morgan fingerprint density at radius 3 is 2.29 bits per heavy atom. The van der Waals surface area contributed by atoms with E-state index in [-0.39, 0.29) is 11.7 Å². The second-order valence-electron chi connectivity index (χ2n) is 6.33. The van der Waals surface area contributed by atoms with Gasteiger partial charge in [-0.2, -0.15) is 0 Å². The highest BCUT2D eigenvalue weighted by Crippen LogP contribution is 2.23. The molecule has 0 atom stereocenters. The SMILES string of the molecule is Cc1ccc(NC(=O)c2nc(-c3ccc(Cl)cc3)n(-c3ccccc3)n2)cc1. The van der Waals surface area contributed by atoms with E-state index in [4.69, 9.17) is 11.6 Å². The van der Waals surface area contributed by atoms with Crippen LogP contribution >= 0.6 is 11.6 Å².